The molecule has 1 heterocycles. The van der Waals surface area contributed by atoms with E-state index in [0.717, 1.165) is 33.5 Å². The van der Waals surface area contributed by atoms with Crippen molar-refractivity contribution in [1.29, 1.82) is 0 Å². The van der Waals surface area contributed by atoms with Crippen molar-refractivity contribution < 1.29 is 0 Å². The molecule has 2 nitrogen and oxygen atoms in total. The number of hydrogen-bond donors (Lipinski definition) is 0. The van der Waals surface area contributed by atoms with E-state index < -0.39 is 0 Å². The van der Waals surface area contributed by atoms with Crippen LogP contribution < -0.4 is 0 Å². The normalized spacial score (nSPS) is 12.7. The van der Waals surface area contributed by atoms with E-state index in [1.807, 2.05) is 18.2 Å². The maximum Gasteiger partial charge on any atom is 0.160 e. The topological polar surface area (TPSA) is 25.8 Å². The summed E-state index contributed by atoms with van der Waals surface area (Å²) >= 11 is 0. The van der Waals surface area contributed by atoms with Crippen molar-refractivity contribution in [2.45, 2.75) is 19.3 Å². The van der Waals surface area contributed by atoms with Crippen molar-refractivity contribution in [3.63, 3.8) is 0 Å². The van der Waals surface area contributed by atoms with Gasteiger partial charge in [-0.3, -0.25) is 0 Å². The molecule has 1 aromatic heterocycles. The SMILES string of the molecule is CC1(C)c2cc(-c3ccc(-c4cc(-c5ccc(-c6ccc(-c7ccccc7)cc6)cc5)nc(-c5ccccc5)n4)c4ccccc34)ccc2-c2c1ccc1ccccc21. The van der Waals surface area contributed by atoms with Crippen molar-refractivity contribution >= 4 is 21.5 Å². The lowest BCUT2D eigenvalue weighted by molar-refractivity contribution is 0.661. The van der Waals surface area contributed by atoms with Crippen LogP contribution in [-0.4, -0.2) is 9.97 Å². The Kier molecular flexibility index (Phi) is 8.20. The second-order valence-electron chi connectivity index (χ2n) is 16.1. The highest BCUT2D eigenvalue weighted by atomic mass is 14.9. The van der Waals surface area contributed by atoms with Gasteiger partial charge in [0, 0.05) is 22.1 Å². The molecule has 0 aliphatic heterocycles. The highest BCUT2D eigenvalue weighted by molar-refractivity contribution is 6.06. The van der Waals surface area contributed by atoms with Gasteiger partial charge in [0.2, 0.25) is 0 Å². The van der Waals surface area contributed by atoms with Crippen molar-refractivity contribution in [2.24, 2.45) is 0 Å². The molecule has 1 aliphatic rings. The first kappa shape index (κ1) is 34.8. The number of rotatable bonds is 6. The molecule has 59 heavy (non-hydrogen) atoms. The van der Waals surface area contributed by atoms with Crippen LogP contribution >= 0.6 is 0 Å². The third kappa shape index (κ3) is 5.96. The quantitative estimate of drug-likeness (QED) is 0.169. The molecule has 9 aromatic carbocycles. The molecule has 0 radical (unpaired) electrons. The molecule has 0 bridgehead atoms. The molecule has 0 N–H and O–H groups in total. The average Bonchev–Trinajstić information content (AvgIpc) is 3.54. The lowest BCUT2D eigenvalue weighted by atomic mass is 9.81. The van der Waals surface area contributed by atoms with E-state index in [2.05, 4.69) is 202 Å². The highest BCUT2D eigenvalue weighted by Gasteiger charge is 2.36. The van der Waals surface area contributed by atoms with Gasteiger partial charge in [-0.2, -0.15) is 0 Å². The molecule has 0 unspecified atom stereocenters. The van der Waals surface area contributed by atoms with Gasteiger partial charge >= 0.3 is 0 Å². The molecular weight excluding hydrogens is 713 g/mol. The summed E-state index contributed by atoms with van der Waals surface area (Å²) in [6, 6.07) is 74.3. The minimum atomic E-state index is -0.114. The maximum absolute atomic E-state index is 5.25. The molecule has 0 atom stereocenters. The molecule has 0 fully saturated rings. The number of benzene rings is 9. The summed E-state index contributed by atoms with van der Waals surface area (Å²) in [4.78, 5) is 10.4. The summed E-state index contributed by atoms with van der Waals surface area (Å²) < 4.78 is 0. The summed E-state index contributed by atoms with van der Waals surface area (Å²) in [6.45, 7) is 4.73. The van der Waals surface area contributed by atoms with Gasteiger partial charge in [-0.1, -0.05) is 208 Å². The van der Waals surface area contributed by atoms with Crippen LogP contribution in [0.15, 0.2) is 206 Å². The Labute approximate surface area is 345 Å². The molecule has 0 amide bonds. The molecule has 0 saturated heterocycles. The number of fused-ring (bicyclic) bond motifs is 6. The zero-order valence-electron chi connectivity index (χ0n) is 33.0. The van der Waals surface area contributed by atoms with Crippen LogP contribution in [0.2, 0.25) is 0 Å². The Morgan fingerprint density at radius 1 is 0.322 bits per heavy atom. The van der Waals surface area contributed by atoms with Crippen LogP contribution in [0, 0.1) is 0 Å². The van der Waals surface area contributed by atoms with Gasteiger partial charge in [-0.15, -0.1) is 0 Å². The standard InChI is InChI=1S/C57H40N2/c1-57(2)51-34-30-41-15-9-10-18-46(41)55(51)50-31-29-44(35-52(50)57)45-32-33-49(48-20-12-11-19-47(45)48)54-36-53(58-56(59-54)43-16-7-4-8-17-43)42-27-25-40(26-28-42)39-23-21-38(22-24-39)37-13-5-3-6-14-37/h3-36H,1-2H3. The van der Waals surface area contributed by atoms with E-state index in [1.54, 1.807) is 0 Å². The average molecular weight is 753 g/mol. The third-order valence-corrected chi connectivity index (χ3v) is 12.3. The molecule has 10 aromatic rings. The lowest BCUT2D eigenvalue weighted by Gasteiger charge is -2.22. The summed E-state index contributed by atoms with van der Waals surface area (Å²) in [5, 5.41) is 4.97. The van der Waals surface area contributed by atoms with E-state index in [0.29, 0.717) is 5.82 Å². The smallest absolute Gasteiger partial charge is 0.160 e. The fourth-order valence-corrected chi connectivity index (χ4v) is 9.22. The minimum Gasteiger partial charge on any atom is -0.228 e. The molecular formula is C57H40N2. The van der Waals surface area contributed by atoms with E-state index in [1.165, 1.54) is 71.8 Å². The molecule has 278 valence electrons. The summed E-state index contributed by atoms with van der Waals surface area (Å²) in [5.41, 5.74) is 17.5. The Morgan fingerprint density at radius 2 is 0.814 bits per heavy atom. The number of hydrogen-bond acceptors (Lipinski definition) is 2. The fraction of sp³-hybridized carbons (Fsp3) is 0.0526. The fourth-order valence-electron chi connectivity index (χ4n) is 9.22. The predicted molar refractivity (Wildman–Crippen MR) is 247 cm³/mol. The molecule has 0 saturated carbocycles. The van der Waals surface area contributed by atoms with Crippen LogP contribution in [0.1, 0.15) is 25.0 Å². The zero-order chi connectivity index (χ0) is 39.5. The summed E-state index contributed by atoms with van der Waals surface area (Å²) in [6.07, 6.45) is 0. The van der Waals surface area contributed by atoms with Crippen LogP contribution in [0.3, 0.4) is 0 Å². The molecule has 0 spiro atoms. The van der Waals surface area contributed by atoms with E-state index in [-0.39, 0.29) is 5.41 Å². The highest BCUT2D eigenvalue weighted by Crippen LogP contribution is 2.52. The van der Waals surface area contributed by atoms with Crippen molar-refractivity contribution in [3.8, 4) is 78.4 Å². The largest absolute Gasteiger partial charge is 0.228 e. The van der Waals surface area contributed by atoms with Gasteiger partial charge in [0.1, 0.15) is 0 Å². The Hall–Kier alpha value is -7.42. The van der Waals surface area contributed by atoms with E-state index in [9.17, 15) is 0 Å². The second kappa shape index (κ2) is 13.9. The lowest BCUT2D eigenvalue weighted by Crippen LogP contribution is -2.15. The Balaban J connectivity index is 0.991. The van der Waals surface area contributed by atoms with Gasteiger partial charge in [0.15, 0.2) is 5.82 Å². The van der Waals surface area contributed by atoms with Gasteiger partial charge < -0.3 is 0 Å². The molecule has 2 heteroatoms. The molecule has 1 aliphatic carbocycles. The van der Waals surface area contributed by atoms with Gasteiger partial charge in [0.05, 0.1) is 11.4 Å². The summed E-state index contributed by atoms with van der Waals surface area (Å²) in [7, 11) is 0. The summed E-state index contributed by atoms with van der Waals surface area (Å²) in [5.74, 6) is 0.708. The number of nitrogens with zero attached hydrogens (tertiary/aromatic N) is 2. The third-order valence-electron chi connectivity index (χ3n) is 12.3. The first-order valence-corrected chi connectivity index (χ1v) is 20.4. The van der Waals surface area contributed by atoms with Gasteiger partial charge in [0.25, 0.3) is 0 Å². The van der Waals surface area contributed by atoms with Gasteiger partial charge in [-0.25, -0.2) is 9.97 Å². The monoisotopic (exact) mass is 752 g/mol. The Morgan fingerprint density at radius 3 is 1.49 bits per heavy atom. The van der Waals surface area contributed by atoms with Crippen LogP contribution in [0.5, 0.6) is 0 Å². The first-order valence-electron chi connectivity index (χ1n) is 20.4. The van der Waals surface area contributed by atoms with Crippen LogP contribution in [-0.2, 0) is 5.41 Å². The molecule has 11 rings (SSSR count). The van der Waals surface area contributed by atoms with Crippen LogP contribution in [0.25, 0.3) is 100.0 Å². The second-order valence-corrected chi connectivity index (χ2v) is 16.1. The first-order chi connectivity index (χ1) is 29.0. The predicted octanol–water partition coefficient (Wildman–Crippen LogP) is 15.1. The maximum atomic E-state index is 5.25. The van der Waals surface area contributed by atoms with E-state index >= 15 is 0 Å². The zero-order valence-corrected chi connectivity index (χ0v) is 33.0. The van der Waals surface area contributed by atoms with Gasteiger partial charge in [-0.05, 0) is 89.3 Å². The van der Waals surface area contributed by atoms with E-state index in [4.69, 9.17) is 9.97 Å². The minimum absolute atomic E-state index is 0.114. The van der Waals surface area contributed by atoms with Crippen molar-refractivity contribution in [2.75, 3.05) is 0 Å². The number of aromatic nitrogens is 2. The van der Waals surface area contributed by atoms with Crippen LogP contribution in [0.4, 0.5) is 0 Å². The van der Waals surface area contributed by atoms with Crippen molar-refractivity contribution in [1.82, 2.24) is 9.97 Å². The Bertz CT molecular complexity index is 3200. The van der Waals surface area contributed by atoms with Crippen molar-refractivity contribution in [3.05, 3.63) is 217 Å².